The molecule has 0 saturated heterocycles. The minimum absolute atomic E-state index is 0.0499. The highest BCUT2D eigenvalue weighted by atomic mass is 32.2. The molecule has 0 aliphatic heterocycles. The van der Waals surface area contributed by atoms with Crippen molar-refractivity contribution in [2.24, 2.45) is 0 Å². The van der Waals surface area contributed by atoms with E-state index in [4.69, 9.17) is 4.74 Å². The Morgan fingerprint density at radius 3 is 2.47 bits per heavy atom. The highest BCUT2D eigenvalue weighted by molar-refractivity contribution is 7.92. The number of hydrogen-bond donors (Lipinski definition) is 3. The fourth-order valence-corrected chi connectivity index (χ4v) is 4.01. The maximum Gasteiger partial charge on any atom is 0.262 e. The number of hydrogen-bond acceptors (Lipinski definition) is 5. The van der Waals surface area contributed by atoms with Crippen molar-refractivity contribution in [3.63, 3.8) is 0 Å². The van der Waals surface area contributed by atoms with Gasteiger partial charge >= 0.3 is 0 Å². The molecule has 3 rings (SSSR count). The summed E-state index contributed by atoms with van der Waals surface area (Å²) in [6, 6.07) is 18.6. The van der Waals surface area contributed by atoms with Crippen LogP contribution in [0, 0.1) is 0 Å². The normalized spacial score (nSPS) is 12.1. The monoisotopic (exact) mass is 426 g/mol. The van der Waals surface area contributed by atoms with E-state index in [0.717, 1.165) is 5.56 Å². The molecular weight excluding hydrogens is 404 g/mol. The molecule has 0 radical (unpaired) electrons. The number of sulfonamides is 1. The highest BCUT2D eigenvalue weighted by Crippen LogP contribution is 2.26. The number of ether oxygens (including phenoxy) is 1. The molecule has 7 nitrogen and oxygen atoms in total. The third-order valence-electron chi connectivity index (χ3n) is 4.48. The number of nitrogens with one attached hydrogen (secondary N) is 2. The van der Waals surface area contributed by atoms with Gasteiger partial charge in [0.2, 0.25) is 0 Å². The van der Waals surface area contributed by atoms with Crippen LogP contribution >= 0.6 is 0 Å². The predicted molar refractivity (Wildman–Crippen MR) is 114 cm³/mol. The van der Waals surface area contributed by atoms with Crippen LogP contribution in [0.5, 0.6) is 11.5 Å². The lowest BCUT2D eigenvalue weighted by molar-refractivity contribution is 0.0939. The van der Waals surface area contributed by atoms with E-state index in [1.807, 2.05) is 0 Å². The predicted octanol–water partition coefficient (Wildman–Crippen LogP) is 3.69. The lowest BCUT2D eigenvalue weighted by Crippen LogP contribution is -2.27. The summed E-state index contributed by atoms with van der Waals surface area (Å²) < 4.78 is 33.3. The van der Waals surface area contributed by atoms with Crippen LogP contribution in [-0.2, 0) is 10.0 Å². The van der Waals surface area contributed by atoms with E-state index in [0.29, 0.717) is 11.4 Å². The molecule has 3 N–H and O–H groups in total. The second-order valence-corrected chi connectivity index (χ2v) is 8.31. The zero-order valence-corrected chi connectivity index (χ0v) is 17.3. The molecule has 8 heteroatoms. The van der Waals surface area contributed by atoms with E-state index >= 15 is 0 Å². The number of aromatic hydroxyl groups is 1. The number of phenolic OH excluding ortho intramolecular Hbond substituents is 1. The smallest absolute Gasteiger partial charge is 0.262 e. The fourth-order valence-electron chi connectivity index (χ4n) is 2.89. The number of phenols is 1. The van der Waals surface area contributed by atoms with Crippen molar-refractivity contribution in [1.82, 2.24) is 5.32 Å². The van der Waals surface area contributed by atoms with Crippen LogP contribution in [0.3, 0.4) is 0 Å². The first kappa shape index (κ1) is 21.2. The Kier molecular flexibility index (Phi) is 6.27. The van der Waals surface area contributed by atoms with E-state index in [-0.39, 0.29) is 22.3 Å². The van der Waals surface area contributed by atoms with Crippen LogP contribution in [0.1, 0.15) is 28.9 Å². The lowest BCUT2D eigenvalue weighted by atomic mass is 10.1. The van der Waals surface area contributed by atoms with Crippen LogP contribution < -0.4 is 14.8 Å². The highest BCUT2D eigenvalue weighted by Gasteiger charge is 2.19. The maximum atomic E-state index is 12.8. The van der Waals surface area contributed by atoms with Crippen LogP contribution in [0.2, 0.25) is 0 Å². The third-order valence-corrected chi connectivity index (χ3v) is 5.84. The van der Waals surface area contributed by atoms with Gasteiger partial charge in [-0.05, 0) is 55.0 Å². The van der Waals surface area contributed by atoms with Gasteiger partial charge in [-0.3, -0.25) is 9.52 Å². The first-order valence-corrected chi connectivity index (χ1v) is 10.6. The summed E-state index contributed by atoms with van der Waals surface area (Å²) in [6.45, 7) is 1.77. The fraction of sp³-hybridized carbons (Fsp3) is 0.136. The van der Waals surface area contributed by atoms with Crippen molar-refractivity contribution < 1.29 is 23.1 Å². The van der Waals surface area contributed by atoms with Crippen molar-refractivity contribution in [2.75, 3.05) is 11.8 Å². The average Bonchev–Trinajstić information content (AvgIpc) is 2.74. The number of amides is 1. The molecule has 0 heterocycles. The Bertz CT molecular complexity index is 1160. The van der Waals surface area contributed by atoms with E-state index in [2.05, 4.69) is 10.0 Å². The largest absolute Gasteiger partial charge is 0.508 e. The summed E-state index contributed by atoms with van der Waals surface area (Å²) in [5.74, 6) is 0.0548. The molecule has 0 spiro atoms. The van der Waals surface area contributed by atoms with Gasteiger partial charge < -0.3 is 15.2 Å². The van der Waals surface area contributed by atoms with Gasteiger partial charge in [0.25, 0.3) is 15.9 Å². The van der Waals surface area contributed by atoms with Gasteiger partial charge in [-0.2, -0.15) is 0 Å². The zero-order valence-electron chi connectivity index (χ0n) is 16.5. The topological polar surface area (TPSA) is 105 Å². The summed E-state index contributed by atoms with van der Waals surface area (Å²) in [5.41, 5.74) is 1.22. The molecule has 156 valence electrons. The summed E-state index contributed by atoms with van der Waals surface area (Å²) in [7, 11) is -2.48. The molecule has 0 bridgehead atoms. The molecule has 0 aliphatic carbocycles. The molecule has 3 aromatic carbocycles. The van der Waals surface area contributed by atoms with Gasteiger partial charge in [0.05, 0.1) is 23.7 Å². The molecule has 30 heavy (non-hydrogen) atoms. The minimum atomic E-state index is -3.93. The number of carbonyl (C=O) groups excluding carboxylic acids is 1. The number of anilines is 1. The van der Waals surface area contributed by atoms with Gasteiger partial charge in [-0.25, -0.2) is 8.42 Å². The summed E-state index contributed by atoms with van der Waals surface area (Å²) in [5, 5.41) is 12.4. The number of para-hydroxylation sites is 2. The second kappa shape index (κ2) is 8.87. The van der Waals surface area contributed by atoms with E-state index in [1.165, 1.54) is 31.4 Å². The minimum Gasteiger partial charge on any atom is -0.508 e. The number of methoxy groups -OCH3 is 1. The first-order chi connectivity index (χ1) is 14.3. The van der Waals surface area contributed by atoms with E-state index < -0.39 is 15.9 Å². The lowest BCUT2D eigenvalue weighted by Gasteiger charge is -2.15. The SMILES string of the molecule is COc1ccccc1NS(=O)(=O)c1cccc(C(=O)NC(C)c2cccc(O)c2)c1. The van der Waals surface area contributed by atoms with Crippen molar-refractivity contribution >= 4 is 21.6 Å². The molecule has 1 unspecified atom stereocenters. The van der Waals surface area contributed by atoms with Gasteiger partial charge in [0, 0.05) is 5.56 Å². The van der Waals surface area contributed by atoms with Crippen LogP contribution in [0.25, 0.3) is 0 Å². The van der Waals surface area contributed by atoms with E-state index in [1.54, 1.807) is 55.5 Å². The second-order valence-electron chi connectivity index (χ2n) is 6.62. The van der Waals surface area contributed by atoms with Crippen LogP contribution in [-0.4, -0.2) is 26.5 Å². The Hall–Kier alpha value is -3.52. The van der Waals surface area contributed by atoms with Crippen molar-refractivity contribution in [2.45, 2.75) is 17.9 Å². The first-order valence-electron chi connectivity index (χ1n) is 9.16. The quantitative estimate of drug-likeness (QED) is 0.534. The Labute approximate surface area is 175 Å². The van der Waals surface area contributed by atoms with Gasteiger partial charge in [0.1, 0.15) is 11.5 Å². The Balaban J connectivity index is 1.80. The average molecular weight is 426 g/mol. The van der Waals surface area contributed by atoms with E-state index in [9.17, 15) is 18.3 Å². The summed E-state index contributed by atoms with van der Waals surface area (Å²) in [6.07, 6.45) is 0. The summed E-state index contributed by atoms with van der Waals surface area (Å²) >= 11 is 0. The number of rotatable bonds is 7. The van der Waals surface area contributed by atoms with Crippen molar-refractivity contribution in [3.8, 4) is 11.5 Å². The van der Waals surface area contributed by atoms with Crippen molar-refractivity contribution in [1.29, 1.82) is 0 Å². The molecule has 0 aliphatic rings. The van der Waals surface area contributed by atoms with Crippen molar-refractivity contribution in [3.05, 3.63) is 83.9 Å². The molecule has 0 aromatic heterocycles. The molecular formula is C22H22N2O5S. The molecule has 0 saturated carbocycles. The maximum absolute atomic E-state index is 12.8. The van der Waals surface area contributed by atoms with Crippen LogP contribution in [0.15, 0.2) is 77.7 Å². The van der Waals surface area contributed by atoms with Gasteiger partial charge in [0.15, 0.2) is 0 Å². The van der Waals surface area contributed by atoms with Crippen LogP contribution in [0.4, 0.5) is 5.69 Å². The standard InChI is InChI=1S/C22H22N2O5S/c1-15(16-7-5-9-18(25)13-16)23-22(26)17-8-6-10-19(14-17)30(27,28)24-20-11-3-4-12-21(20)29-2/h3-15,24-25H,1-2H3,(H,23,26). The molecule has 1 amide bonds. The molecule has 1 atom stereocenters. The zero-order chi connectivity index (χ0) is 21.7. The Morgan fingerprint density at radius 1 is 1.00 bits per heavy atom. The number of benzene rings is 3. The molecule has 0 fully saturated rings. The van der Waals surface area contributed by atoms with Gasteiger partial charge in [-0.15, -0.1) is 0 Å². The Morgan fingerprint density at radius 2 is 1.73 bits per heavy atom. The summed E-state index contributed by atoms with van der Waals surface area (Å²) in [4.78, 5) is 12.6. The van der Waals surface area contributed by atoms with Gasteiger partial charge in [-0.1, -0.05) is 30.3 Å². The molecule has 3 aromatic rings. The number of carbonyl (C=O) groups is 1. The third kappa shape index (κ3) is 4.90.